The number of carbonyl (C=O) groups is 1. The minimum Gasteiger partial charge on any atom is -0.294 e. The molecular formula is C15H15F3N2OS. The Bertz CT molecular complexity index is 650. The SMILES string of the molecule is CCC(C)c1ccc(-c2csc(NC(=O)C(F)(F)F)n2)cc1. The fraction of sp³-hybridized carbons (Fsp3) is 0.333. The highest BCUT2D eigenvalue weighted by atomic mass is 32.1. The van der Waals surface area contributed by atoms with Crippen molar-refractivity contribution in [3.63, 3.8) is 0 Å². The summed E-state index contributed by atoms with van der Waals surface area (Å²) in [5.74, 6) is -1.56. The molecule has 2 aromatic rings. The summed E-state index contributed by atoms with van der Waals surface area (Å²) >= 11 is 0.961. The van der Waals surface area contributed by atoms with E-state index in [1.807, 2.05) is 24.3 Å². The summed E-state index contributed by atoms with van der Waals surface area (Å²) in [4.78, 5) is 14.9. The molecule has 0 aliphatic heterocycles. The molecule has 0 aliphatic rings. The highest BCUT2D eigenvalue weighted by Gasteiger charge is 2.39. The molecule has 0 radical (unpaired) electrons. The number of amides is 1. The lowest BCUT2D eigenvalue weighted by atomic mass is 9.97. The number of benzene rings is 1. The highest BCUT2D eigenvalue weighted by molar-refractivity contribution is 7.14. The molecule has 0 saturated carbocycles. The number of aromatic nitrogens is 1. The van der Waals surface area contributed by atoms with Crippen molar-refractivity contribution in [1.29, 1.82) is 0 Å². The van der Waals surface area contributed by atoms with E-state index in [9.17, 15) is 18.0 Å². The maximum atomic E-state index is 12.2. The largest absolute Gasteiger partial charge is 0.471 e. The number of anilines is 1. The van der Waals surface area contributed by atoms with Crippen molar-refractivity contribution in [2.75, 3.05) is 5.32 Å². The van der Waals surface area contributed by atoms with Crippen LogP contribution in [0.1, 0.15) is 31.7 Å². The summed E-state index contributed by atoms with van der Waals surface area (Å²) in [6.45, 7) is 4.23. The normalized spacial score (nSPS) is 13.0. The molecule has 22 heavy (non-hydrogen) atoms. The first-order valence-electron chi connectivity index (χ1n) is 6.75. The molecule has 0 aliphatic carbocycles. The Hall–Kier alpha value is -1.89. The summed E-state index contributed by atoms with van der Waals surface area (Å²) < 4.78 is 36.5. The molecule has 1 atom stereocenters. The van der Waals surface area contributed by atoms with Crippen molar-refractivity contribution in [2.24, 2.45) is 0 Å². The van der Waals surface area contributed by atoms with Gasteiger partial charge in [0, 0.05) is 10.9 Å². The topological polar surface area (TPSA) is 42.0 Å². The Morgan fingerprint density at radius 2 is 1.95 bits per heavy atom. The fourth-order valence-corrected chi connectivity index (χ4v) is 2.56. The van der Waals surface area contributed by atoms with E-state index in [2.05, 4.69) is 18.8 Å². The van der Waals surface area contributed by atoms with Crippen LogP contribution in [0, 0.1) is 0 Å². The number of nitrogens with zero attached hydrogens (tertiary/aromatic N) is 1. The first-order valence-corrected chi connectivity index (χ1v) is 7.63. The van der Waals surface area contributed by atoms with E-state index in [0.29, 0.717) is 11.6 Å². The average Bonchev–Trinajstić information content (AvgIpc) is 2.94. The molecule has 2 rings (SSSR count). The summed E-state index contributed by atoms with van der Waals surface area (Å²) in [7, 11) is 0. The van der Waals surface area contributed by atoms with Crippen LogP contribution in [0.25, 0.3) is 11.3 Å². The van der Waals surface area contributed by atoms with Crippen molar-refractivity contribution in [1.82, 2.24) is 4.98 Å². The third-order valence-electron chi connectivity index (χ3n) is 3.37. The van der Waals surface area contributed by atoms with Gasteiger partial charge in [0.15, 0.2) is 5.13 Å². The van der Waals surface area contributed by atoms with Gasteiger partial charge in [0.1, 0.15) is 0 Å². The zero-order valence-corrected chi connectivity index (χ0v) is 12.9. The average molecular weight is 328 g/mol. The Morgan fingerprint density at radius 1 is 1.32 bits per heavy atom. The minimum absolute atomic E-state index is 0.0664. The Labute approximate surface area is 130 Å². The van der Waals surface area contributed by atoms with Crippen LogP contribution in [0.2, 0.25) is 0 Å². The predicted molar refractivity (Wildman–Crippen MR) is 80.9 cm³/mol. The van der Waals surface area contributed by atoms with Gasteiger partial charge in [-0.3, -0.25) is 10.1 Å². The Kier molecular flexibility index (Phi) is 4.85. The molecule has 1 amide bonds. The van der Waals surface area contributed by atoms with Gasteiger partial charge in [0.25, 0.3) is 0 Å². The molecule has 3 nitrogen and oxygen atoms in total. The predicted octanol–water partition coefficient (Wildman–Crippen LogP) is 4.82. The first kappa shape index (κ1) is 16.5. The third-order valence-corrected chi connectivity index (χ3v) is 4.13. The van der Waals surface area contributed by atoms with Gasteiger partial charge in [0.05, 0.1) is 5.69 Å². The van der Waals surface area contributed by atoms with Gasteiger partial charge in [-0.25, -0.2) is 4.98 Å². The van der Waals surface area contributed by atoms with E-state index in [1.165, 1.54) is 5.56 Å². The van der Waals surface area contributed by atoms with Gasteiger partial charge in [-0.2, -0.15) is 13.2 Å². The molecule has 0 bridgehead atoms. The van der Waals surface area contributed by atoms with E-state index >= 15 is 0 Å². The van der Waals surface area contributed by atoms with Crippen LogP contribution in [0.3, 0.4) is 0 Å². The molecule has 1 aromatic heterocycles. The van der Waals surface area contributed by atoms with Crippen molar-refractivity contribution in [3.8, 4) is 11.3 Å². The van der Waals surface area contributed by atoms with Gasteiger partial charge in [0.2, 0.25) is 0 Å². The summed E-state index contributed by atoms with van der Waals surface area (Å²) in [6, 6.07) is 7.73. The number of halogens is 3. The Morgan fingerprint density at radius 3 is 2.50 bits per heavy atom. The van der Waals surface area contributed by atoms with E-state index in [-0.39, 0.29) is 5.13 Å². The number of carbonyl (C=O) groups excluding carboxylic acids is 1. The smallest absolute Gasteiger partial charge is 0.294 e. The van der Waals surface area contributed by atoms with Crippen LogP contribution in [-0.2, 0) is 4.79 Å². The second kappa shape index (κ2) is 6.48. The fourth-order valence-electron chi connectivity index (χ4n) is 1.85. The van der Waals surface area contributed by atoms with E-state index < -0.39 is 12.1 Å². The molecule has 118 valence electrons. The number of hydrogen-bond donors (Lipinski definition) is 1. The molecule has 1 unspecified atom stereocenters. The first-order chi connectivity index (χ1) is 10.3. The van der Waals surface area contributed by atoms with E-state index in [1.54, 1.807) is 10.7 Å². The Balaban J connectivity index is 2.13. The number of nitrogens with one attached hydrogen (secondary N) is 1. The molecule has 1 heterocycles. The lowest BCUT2D eigenvalue weighted by molar-refractivity contribution is -0.167. The lowest BCUT2D eigenvalue weighted by Crippen LogP contribution is -2.29. The van der Waals surface area contributed by atoms with E-state index in [0.717, 1.165) is 23.3 Å². The van der Waals surface area contributed by atoms with Crippen LogP contribution in [0.15, 0.2) is 29.6 Å². The van der Waals surface area contributed by atoms with Crippen LogP contribution >= 0.6 is 11.3 Å². The lowest BCUT2D eigenvalue weighted by Gasteiger charge is -2.09. The van der Waals surface area contributed by atoms with Crippen LogP contribution < -0.4 is 5.32 Å². The number of rotatable bonds is 4. The summed E-state index contributed by atoms with van der Waals surface area (Å²) in [5, 5.41) is 3.30. The molecule has 0 spiro atoms. The maximum absolute atomic E-state index is 12.2. The maximum Gasteiger partial charge on any atom is 0.471 e. The molecule has 0 saturated heterocycles. The second-order valence-corrected chi connectivity index (χ2v) is 5.78. The zero-order chi connectivity index (χ0) is 16.3. The number of thiazole rings is 1. The number of alkyl halides is 3. The molecule has 0 fully saturated rings. The van der Waals surface area contributed by atoms with Crippen LogP contribution in [0.4, 0.5) is 18.3 Å². The van der Waals surface area contributed by atoms with Crippen molar-refractivity contribution < 1.29 is 18.0 Å². The molecule has 7 heteroatoms. The van der Waals surface area contributed by atoms with Gasteiger partial charge in [-0.1, -0.05) is 38.1 Å². The summed E-state index contributed by atoms with van der Waals surface area (Å²) in [6.07, 6.45) is -3.88. The van der Waals surface area contributed by atoms with Crippen molar-refractivity contribution in [2.45, 2.75) is 32.4 Å². The van der Waals surface area contributed by atoms with Gasteiger partial charge >= 0.3 is 12.1 Å². The summed E-state index contributed by atoms with van der Waals surface area (Å²) in [5.41, 5.74) is 2.54. The number of hydrogen-bond acceptors (Lipinski definition) is 3. The van der Waals surface area contributed by atoms with Gasteiger partial charge in [-0.05, 0) is 17.9 Å². The van der Waals surface area contributed by atoms with Crippen LogP contribution in [0.5, 0.6) is 0 Å². The second-order valence-electron chi connectivity index (χ2n) is 4.92. The molecule has 1 N–H and O–H groups in total. The molecule has 1 aromatic carbocycles. The highest BCUT2D eigenvalue weighted by Crippen LogP contribution is 2.28. The monoisotopic (exact) mass is 328 g/mol. The van der Waals surface area contributed by atoms with Crippen molar-refractivity contribution >= 4 is 22.4 Å². The third kappa shape index (κ3) is 3.85. The van der Waals surface area contributed by atoms with Crippen molar-refractivity contribution in [3.05, 3.63) is 35.2 Å². The van der Waals surface area contributed by atoms with Gasteiger partial charge in [-0.15, -0.1) is 11.3 Å². The zero-order valence-electron chi connectivity index (χ0n) is 12.1. The standard InChI is InChI=1S/C15H15F3N2OS/c1-3-9(2)10-4-6-11(7-5-10)12-8-22-14(19-12)20-13(21)15(16,17)18/h4-9H,3H2,1-2H3,(H,19,20,21). The van der Waals surface area contributed by atoms with Crippen LogP contribution in [-0.4, -0.2) is 17.1 Å². The van der Waals surface area contributed by atoms with E-state index in [4.69, 9.17) is 0 Å². The van der Waals surface area contributed by atoms with Gasteiger partial charge < -0.3 is 0 Å². The molecular weight excluding hydrogens is 313 g/mol. The minimum atomic E-state index is -4.91. The quantitative estimate of drug-likeness (QED) is 0.874.